The molecule has 1 heterocycles. The topological polar surface area (TPSA) is 49.9 Å². The molecule has 3 rings (SSSR count). The fourth-order valence-corrected chi connectivity index (χ4v) is 3.85. The van der Waals surface area contributed by atoms with Crippen LogP contribution in [0.2, 0.25) is 5.02 Å². The van der Waals surface area contributed by atoms with Gasteiger partial charge in [0.25, 0.3) is 5.91 Å². The Morgan fingerprint density at radius 3 is 2.32 bits per heavy atom. The van der Waals surface area contributed by atoms with Gasteiger partial charge in [0, 0.05) is 32.6 Å². The van der Waals surface area contributed by atoms with Crippen LogP contribution in [0.15, 0.2) is 24.3 Å². The van der Waals surface area contributed by atoms with Gasteiger partial charge in [0.1, 0.15) is 9.75 Å². The van der Waals surface area contributed by atoms with Gasteiger partial charge in [0.2, 0.25) is 0 Å². The van der Waals surface area contributed by atoms with E-state index in [1.165, 1.54) is 0 Å². The van der Waals surface area contributed by atoms with Crippen molar-refractivity contribution in [2.24, 2.45) is 5.41 Å². The van der Waals surface area contributed by atoms with Gasteiger partial charge in [-0.1, -0.05) is 23.7 Å². The molecule has 136 valence electrons. The summed E-state index contributed by atoms with van der Waals surface area (Å²) in [5.74, 6) is -0.744. The molecule has 0 N–H and O–H groups in total. The first kappa shape index (κ1) is 18.6. The molecular weight excluding hydrogens is 387 g/mol. The van der Waals surface area contributed by atoms with Gasteiger partial charge in [-0.25, -0.2) is 0 Å². The summed E-state index contributed by atoms with van der Waals surface area (Å²) >= 11 is 18.1. The SMILES string of the molecule is C[C@@]1(C(=O)OCC(=O)N2CCN(c3ccccc3Cl)CC2)CC1(Cl)Cl. The van der Waals surface area contributed by atoms with Gasteiger partial charge < -0.3 is 14.5 Å². The van der Waals surface area contributed by atoms with E-state index in [9.17, 15) is 9.59 Å². The first-order chi connectivity index (χ1) is 11.7. The van der Waals surface area contributed by atoms with Crippen molar-refractivity contribution in [1.29, 1.82) is 0 Å². The van der Waals surface area contributed by atoms with Crippen LogP contribution < -0.4 is 4.90 Å². The Hall–Kier alpha value is -1.17. The number of piperazine rings is 1. The summed E-state index contributed by atoms with van der Waals surface area (Å²) in [6, 6.07) is 7.63. The highest BCUT2D eigenvalue weighted by atomic mass is 35.5. The lowest BCUT2D eigenvalue weighted by Gasteiger charge is -2.36. The zero-order chi connectivity index (χ0) is 18.2. The summed E-state index contributed by atoms with van der Waals surface area (Å²) in [5.41, 5.74) is 0.0454. The third kappa shape index (κ3) is 3.69. The molecular formula is C17H19Cl3N2O3. The van der Waals surface area contributed by atoms with Crippen LogP contribution >= 0.6 is 34.8 Å². The summed E-state index contributed by atoms with van der Waals surface area (Å²) in [6.07, 6.45) is 0.340. The number of amides is 1. The van der Waals surface area contributed by atoms with Gasteiger partial charge in [0.05, 0.1) is 10.7 Å². The molecule has 0 radical (unpaired) electrons. The quantitative estimate of drug-likeness (QED) is 0.570. The van der Waals surface area contributed by atoms with Crippen LogP contribution in [0.1, 0.15) is 13.3 Å². The van der Waals surface area contributed by atoms with Crippen LogP contribution in [-0.4, -0.2) is 53.9 Å². The van der Waals surface area contributed by atoms with Gasteiger partial charge in [0.15, 0.2) is 6.61 Å². The molecule has 2 aliphatic rings. The van der Waals surface area contributed by atoms with Crippen LogP contribution in [0.5, 0.6) is 0 Å². The molecule has 0 unspecified atom stereocenters. The molecule has 1 saturated heterocycles. The van der Waals surface area contributed by atoms with Crippen LogP contribution in [0.25, 0.3) is 0 Å². The van der Waals surface area contributed by atoms with E-state index >= 15 is 0 Å². The Kier molecular flexibility index (Phi) is 5.11. The third-order valence-electron chi connectivity index (χ3n) is 4.86. The molecule has 1 saturated carbocycles. The molecule has 0 bridgehead atoms. The van der Waals surface area contributed by atoms with Crippen LogP contribution in [-0.2, 0) is 14.3 Å². The standard InChI is InChI=1S/C17H19Cl3N2O3/c1-16(11-17(16,19)20)15(24)25-10-14(23)22-8-6-21(7-9-22)13-5-3-2-4-12(13)18/h2-5H,6-11H2,1H3/t16-/m0/s1. The minimum absolute atomic E-state index is 0.217. The summed E-state index contributed by atoms with van der Waals surface area (Å²) in [5, 5.41) is 0.694. The summed E-state index contributed by atoms with van der Waals surface area (Å²) in [4.78, 5) is 28.1. The first-order valence-electron chi connectivity index (χ1n) is 8.07. The lowest BCUT2D eigenvalue weighted by molar-refractivity contribution is -0.156. The number of nitrogens with zero attached hydrogens (tertiary/aromatic N) is 2. The molecule has 1 aromatic carbocycles. The second-order valence-corrected chi connectivity index (χ2v) is 8.50. The normalized spacial score (nSPS) is 24.8. The Bertz CT molecular complexity index is 689. The van der Waals surface area contributed by atoms with Crippen molar-refractivity contribution >= 4 is 52.4 Å². The number of hydrogen-bond donors (Lipinski definition) is 0. The van der Waals surface area contributed by atoms with Gasteiger partial charge in [-0.3, -0.25) is 9.59 Å². The fourth-order valence-electron chi connectivity index (χ4n) is 2.90. The number of anilines is 1. The summed E-state index contributed by atoms with van der Waals surface area (Å²) in [6.45, 7) is 3.80. The van der Waals surface area contributed by atoms with E-state index in [0.717, 1.165) is 5.69 Å². The fraction of sp³-hybridized carbons (Fsp3) is 0.529. The molecule has 8 heteroatoms. The highest BCUT2D eigenvalue weighted by Crippen LogP contribution is 2.64. The molecule has 5 nitrogen and oxygen atoms in total. The van der Waals surface area contributed by atoms with E-state index in [0.29, 0.717) is 37.6 Å². The van der Waals surface area contributed by atoms with E-state index in [1.54, 1.807) is 11.8 Å². The van der Waals surface area contributed by atoms with E-state index in [4.69, 9.17) is 39.5 Å². The highest BCUT2D eigenvalue weighted by Gasteiger charge is 2.69. The molecule has 0 spiro atoms. The van der Waals surface area contributed by atoms with Crippen molar-refractivity contribution in [2.45, 2.75) is 17.7 Å². The van der Waals surface area contributed by atoms with Gasteiger partial charge in [-0.05, 0) is 19.1 Å². The predicted molar refractivity (Wildman–Crippen MR) is 98.4 cm³/mol. The highest BCUT2D eigenvalue weighted by molar-refractivity contribution is 6.53. The number of esters is 1. The van der Waals surface area contributed by atoms with E-state index in [2.05, 4.69) is 4.90 Å². The van der Waals surface area contributed by atoms with Gasteiger partial charge in [-0.2, -0.15) is 0 Å². The van der Waals surface area contributed by atoms with Gasteiger partial charge in [-0.15, -0.1) is 23.2 Å². The zero-order valence-corrected chi connectivity index (χ0v) is 16.1. The van der Waals surface area contributed by atoms with Crippen LogP contribution in [0, 0.1) is 5.41 Å². The molecule has 1 aliphatic carbocycles. The van der Waals surface area contributed by atoms with E-state index in [1.807, 2.05) is 24.3 Å². The number of halogens is 3. The average Bonchev–Trinajstić information content (AvgIpc) is 3.12. The Morgan fingerprint density at radius 1 is 1.16 bits per heavy atom. The van der Waals surface area contributed by atoms with Crippen molar-refractivity contribution < 1.29 is 14.3 Å². The van der Waals surface area contributed by atoms with Gasteiger partial charge >= 0.3 is 5.97 Å². The minimum atomic E-state index is -1.09. The largest absolute Gasteiger partial charge is 0.455 e. The molecule has 1 amide bonds. The van der Waals surface area contributed by atoms with E-state index in [-0.39, 0.29) is 12.5 Å². The minimum Gasteiger partial charge on any atom is -0.455 e. The lowest BCUT2D eigenvalue weighted by atomic mass is 10.1. The molecule has 2 fully saturated rings. The average molecular weight is 406 g/mol. The van der Waals surface area contributed by atoms with Crippen molar-refractivity contribution in [3.8, 4) is 0 Å². The summed E-state index contributed by atoms with van der Waals surface area (Å²) < 4.78 is 4.03. The number of benzene rings is 1. The maximum Gasteiger partial charge on any atom is 0.315 e. The maximum atomic E-state index is 12.3. The molecule has 1 atom stereocenters. The number of carbonyl (C=O) groups excluding carboxylic acids is 2. The molecule has 1 aliphatic heterocycles. The van der Waals surface area contributed by atoms with Crippen molar-refractivity contribution in [3.05, 3.63) is 29.3 Å². The number of rotatable bonds is 4. The smallest absolute Gasteiger partial charge is 0.315 e. The number of ether oxygens (including phenoxy) is 1. The number of alkyl halides is 2. The number of carbonyl (C=O) groups is 2. The van der Waals surface area contributed by atoms with Crippen LogP contribution in [0.4, 0.5) is 5.69 Å². The van der Waals surface area contributed by atoms with Crippen molar-refractivity contribution in [1.82, 2.24) is 4.90 Å². The first-order valence-corrected chi connectivity index (χ1v) is 9.20. The maximum absolute atomic E-state index is 12.3. The monoisotopic (exact) mass is 404 g/mol. The Morgan fingerprint density at radius 2 is 1.76 bits per heavy atom. The molecule has 1 aromatic rings. The second kappa shape index (κ2) is 6.86. The van der Waals surface area contributed by atoms with Crippen LogP contribution in [0.3, 0.4) is 0 Å². The number of hydrogen-bond acceptors (Lipinski definition) is 4. The Balaban J connectivity index is 1.48. The summed E-state index contributed by atoms with van der Waals surface area (Å²) in [7, 11) is 0. The second-order valence-electron chi connectivity index (χ2n) is 6.61. The lowest BCUT2D eigenvalue weighted by Crippen LogP contribution is -2.50. The number of para-hydroxylation sites is 1. The molecule has 25 heavy (non-hydrogen) atoms. The van der Waals surface area contributed by atoms with Crippen molar-refractivity contribution in [3.63, 3.8) is 0 Å². The Labute approximate surface area is 161 Å². The third-order valence-corrected chi connectivity index (χ3v) is 6.28. The van der Waals surface area contributed by atoms with E-state index < -0.39 is 15.7 Å². The van der Waals surface area contributed by atoms with Crippen molar-refractivity contribution in [2.75, 3.05) is 37.7 Å². The predicted octanol–water partition coefficient (Wildman–Crippen LogP) is 3.12. The molecule has 0 aromatic heterocycles. The zero-order valence-electron chi connectivity index (χ0n) is 13.8.